The second kappa shape index (κ2) is 5.63. The molecule has 0 aromatic heterocycles. The van der Waals surface area contributed by atoms with Crippen LogP contribution in [0.15, 0.2) is 0 Å². The van der Waals surface area contributed by atoms with Gasteiger partial charge in [0.25, 0.3) is 0 Å². The summed E-state index contributed by atoms with van der Waals surface area (Å²) < 4.78 is 4.26. The van der Waals surface area contributed by atoms with E-state index in [9.17, 15) is 14.4 Å². The molecule has 0 radical (unpaired) electrons. The van der Waals surface area contributed by atoms with Crippen LogP contribution in [0.1, 0.15) is 38.5 Å². The molecule has 1 aliphatic rings. The molecule has 0 unspecified atom stereocenters. The van der Waals surface area contributed by atoms with Gasteiger partial charge in [0.2, 0.25) is 5.78 Å². The maximum absolute atomic E-state index is 11.6. The van der Waals surface area contributed by atoms with E-state index in [1.165, 1.54) is 0 Å². The molecule has 1 aliphatic carbocycles. The summed E-state index contributed by atoms with van der Waals surface area (Å²) in [4.78, 5) is 33.5. The molecule has 0 aromatic rings. The predicted molar refractivity (Wildman–Crippen MR) is 53.2 cm³/mol. The standard InChI is InChI=1S/C11H16O4/c1-15-11(14)10(13)7-9(12)8-5-3-2-4-6-8/h8H,2-7H2,1H3. The van der Waals surface area contributed by atoms with E-state index in [0.29, 0.717) is 0 Å². The fourth-order valence-corrected chi connectivity index (χ4v) is 1.91. The van der Waals surface area contributed by atoms with E-state index in [1.54, 1.807) is 0 Å². The first-order valence-corrected chi connectivity index (χ1v) is 5.29. The summed E-state index contributed by atoms with van der Waals surface area (Å²) in [6.07, 6.45) is 4.66. The van der Waals surface area contributed by atoms with E-state index in [-0.39, 0.29) is 18.1 Å². The van der Waals surface area contributed by atoms with Crippen molar-refractivity contribution in [3.05, 3.63) is 0 Å². The lowest BCUT2D eigenvalue weighted by Gasteiger charge is -2.19. The Hall–Kier alpha value is -1.19. The molecule has 0 atom stereocenters. The Bertz CT molecular complexity index is 264. The molecule has 1 rings (SSSR count). The SMILES string of the molecule is COC(=O)C(=O)CC(=O)C1CCCCC1. The van der Waals surface area contributed by atoms with Crippen LogP contribution in [-0.4, -0.2) is 24.6 Å². The molecule has 0 spiro atoms. The minimum atomic E-state index is -0.917. The molecule has 1 saturated carbocycles. The van der Waals surface area contributed by atoms with Crippen molar-refractivity contribution in [2.75, 3.05) is 7.11 Å². The van der Waals surface area contributed by atoms with E-state index in [1.807, 2.05) is 0 Å². The van der Waals surface area contributed by atoms with Gasteiger partial charge in [0.15, 0.2) is 0 Å². The van der Waals surface area contributed by atoms with Gasteiger partial charge in [-0.05, 0) is 12.8 Å². The van der Waals surface area contributed by atoms with Gasteiger partial charge >= 0.3 is 5.97 Å². The van der Waals surface area contributed by atoms with Crippen LogP contribution in [-0.2, 0) is 19.1 Å². The summed E-state index contributed by atoms with van der Waals surface area (Å²) in [7, 11) is 1.14. The van der Waals surface area contributed by atoms with Crippen molar-refractivity contribution in [3.63, 3.8) is 0 Å². The smallest absolute Gasteiger partial charge is 0.374 e. The van der Waals surface area contributed by atoms with Crippen molar-refractivity contribution in [1.29, 1.82) is 0 Å². The zero-order chi connectivity index (χ0) is 11.3. The Morgan fingerprint density at radius 2 is 1.73 bits per heavy atom. The number of rotatable bonds is 4. The lowest BCUT2D eigenvalue weighted by atomic mass is 9.85. The van der Waals surface area contributed by atoms with Crippen molar-refractivity contribution < 1.29 is 19.1 Å². The zero-order valence-corrected chi connectivity index (χ0v) is 8.95. The first-order chi connectivity index (χ1) is 7.15. The third kappa shape index (κ3) is 3.46. The van der Waals surface area contributed by atoms with Gasteiger partial charge in [0, 0.05) is 5.92 Å². The Kier molecular flexibility index (Phi) is 4.46. The van der Waals surface area contributed by atoms with E-state index < -0.39 is 11.8 Å². The number of esters is 1. The molecule has 0 saturated heterocycles. The zero-order valence-electron chi connectivity index (χ0n) is 8.95. The summed E-state index contributed by atoms with van der Waals surface area (Å²) in [6.45, 7) is 0. The number of ether oxygens (including phenoxy) is 1. The lowest BCUT2D eigenvalue weighted by molar-refractivity contribution is -0.152. The molecule has 1 fully saturated rings. The molecule has 0 N–H and O–H groups in total. The van der Waals surface area contributed by atoms with Crippen LogP contribution < -0.4 is 0 Å². The Balaban J connectivity index is 2.40. The molecule has 0 bridgehead atoms. The van der Waals surface area contributed by atoms with Crippen LogP contribution in [0.25, 0.3) is 0 Å². The summed E-state index contributed by atoms with van der Waals surface area (Å²) >= 11 is 0. The molecule has 4 heteroatoms. The van der Waals surface area contributed by atoms with Gasteiger partial charge in [-0.2, -0.15) is 0 Å². The maximum atomic E-state index is 11.6. The van der Waals surface area contributed by atoms with Crippen molar-refractivity contribution in [2.45, 2.75) is 38.5 Å². The third-order valence-corrected chi connectivity index (χ3v) is 2.81. The van der Waals surface area contributed by atoms with Crippen LogP contribution in [0.4, 0.5) is 0 Å². The van der Waals surface area contributed by atoms with Crippen molar-refractivity contribution in [1.82, 2.24) is 0 Å². The third-order valence-electron chi connectivity index (χ3n) is 2.81. The molecule has 15 heavy (non-hydrogen) atoms. The van der Waals surface area contributed by atoms with Crippen LogP contribution >= 0.6 is 0 Å². The molecular weight excluding hydrogens is 196 g/mol. The average molecular weight is 212 g/mol. The number of carbonyl (C=O) groups is 3. The van der Waals surface area contributed by atoms with E-state index in [2.05, 4.69) is 4.74 Å². The van der Waals surface area contributed by atoms with Gasteiger partial charge in [-0.3, -0.25) is 9.59 Å². The molecule has 0 aromatic carbocycles. The quantitative estimate of drug-likeness (QED) is 0.400. The summed E-state index contributed by atoms with van der Waals surface area (Å²) in [5.41, 5.74) is 0. The topological polar surface area (TPSA) is 60.4 Å². The number of Topliss-reactive ketones (excluding diaryl/α,β-unsaturated/α-hetero) is 2. The van der Waals surface area contributed by atoms with E-state index in [4.69, 9.17) is 0 Å². The molecule has 0 amide bonds. The van der Waals surface area contributed by atoms with Crippen molar-refractivity contribution in [3.8, 4) is 0 Å². The van der Waals surface area contributed by atoms with Gasteiger partial charge in [-0.15, -0.1) is 0 Å². The lowest BCUT2D eigenvalue weighted by Crippen LogP contribution is -2.25. The van der Waals surface area contributed by atoms with Gasteiger partial charge < -0.3 is 4.74 Å². The average Bonchev–Trinajstić information content (AvgIpc) is 2.29. The minimum Gasteiger partial charge on any atom is -0.463 e. The molecule has 0 aliphatic heterocycles. The maximum Gasteiger partial charge on any atom is 0.374 e. The Morgan fingerprint density at radius 3 is 2.27 bits per heavy atom. The fourth-order valence-electron chi connectivity index (χ4n) is 1.91. The van der Waals surface area contributed by atoms with Crippen LogP contribution in [0, 0.1) is 5.92 Å². The summed E-state index contributed by atoms with van der Waals surface area (Å²) in [5, 5.41) is 0. The number of hydrogen-bond donors (Lipinski definition) is 0. The number of hydrogen-bond acceptors (Lipinski definition) is 4. The second-order valence-corrected chi connectivity index (χ2v) is 3.89. The molecule has 4 nitrogen and oxygen atoms in total. The summed E-state index contributed by atoms with van der Waals surface area (Å²) in [6, 6.07) is 0. The highest BCUT2D eigenvalue weighted by atomic mass is 16.5. The first kappa shape index (κ1) is 11.9. The Morgan fingerprint density at radius 1 is 1.13 bits per heavy atom. The highest BCUT2D eigenvalue weighted by molar-refractivity contribution is 6.37. The number of carbonyl (C=O) groups excluding carboxylic acids is 3. The molecule has 84 valence electrons. The second-order valence-electron chi connectivity index (χ2n) is 3.89. The first-order valence-electron chi connectivity index (χ1n) is 5.29. The molecular formula is C11H16O4. The minimum absolute atomic E-state index is 0.0210. The Labute approximate surface area is 89.0 Å². The number of ketones is 2. The van der Waals surface area contributed by atoms with Gasteiger partial charge in [0.1, 0.15) is 5.78 Å². The van der Waals surface area contributed by atoms with Crippen molar-refractivity contribution >= 4 is 17.5 Å². The van der Waals surface area contributed by atoms with Crippen LogP contribution in [0.3, 0.4) is 0 Å². The highest BCUT2D eigenvalue weighted by Gasteiger charge is 2.25. The largest absolute Gasteiger partial charge is 0.463 e. The van der Waals surface area contributed by atoms with E-state index in [0.717, 1.165) is 39.2 Å². The van der Waals surface area contributed by atoms with Crippen LogP contribution in [0.2, 0.25) is 0 Å². The summed E-state index contributed by atoms with van der Waals surface area (Å²) in [5.74, 6) is -1.77. The van der Waals surface area contributed by atoms with Gasteiger partial charge in [0.05, 0.1) is 13.5 Å². The monoisotopic (exact) mass is 212 g/mol. The van der Waals surface area contributed by atoms with Crippen LogP contribution in [0.5, 0.6) is 0 Å². The highest BCUT2D eigenvalue weighted by Crippen LogP contribution is 2.25. The van der Waals surface area contributed by atoms with Gasteiger partial charge in [-0.1, -0.05) is 19.3 Å². The molecule has 0 heterocycles. The van der Waals surface area contributed by atoms with Gasteiger partial charge in [-0.25, -0.2) is 4.79 Å². The number of methoxy groups -OCH3 is 1. The van der Waals surface area contributed by atoms with Crippen molar-refractivity contribution in [2.24, 2.45) is 5.92 Å². The van der Waals surface area contributed by atoms with E-state index >= 15 is 0 Å². The fraction of sp³-hybridized carbons (Fsp3) is 0.727. The predicted octanol–water partition coefficient (Wildman–Crippen LogP) is 1.27. The normalized spacial score (nSPS) is 17.1.